The quantitative estimate of drug-likeness (QED) is 0.698. The van der Waals surface area contributed by atoms with Gasteiger partial charge in [-0.3, -0.25) is 0 Å². The molecule has 1 heterocycles. The van der Waals surface area contributed by atoms with E-state index in [9.17, 15) is 16.8 Å². The van der Waals surface area contributed by atoms with Crippen LogP contribution in [0, 0.1) is 0 Å². The first kappa shape index (κ1) is 21.8. The Morgan fingerprint density at radius 1 is 0.897 bits per heavy atom. The van der Waals surface area contributed by atoms with Gasteiger partial charge < -0.3 is 4.90 Å². The zero-order valence-electron chi connectivity index (χ0n) is 17.4. The molecule has 0 bridgehead atoms. The Hall–Kier alpha value is -1.86. The molecule has 5 nitrogen and oxygen atoms in total. The van der Waals surface area contributed by atoms with Crippen LogP contribution in [0.3, 0.4) is 0 Å². The molecule has 1 unspecified atom stereocenters. The van der Waals surface area contributed by atoms with Crippen molar-refractivity contribution in [3.8, 4) is 0 Å². The highest BCUT2D eigenvalue weighted by Gasteiger charge is 2.29. The molecule has 1 saturated heterocycles. The Bertz CT molecular complexity index is 1090. The maximum absolute atomic E-state index is 12.5. The minimum Gasteiger partial charge on any atom is -0.363 e. The van der Waals surface area contributed by atoms with E-state index in [2.05, 4.69) is 43.0 Å². The highest BCUT2D eigenvalue weighted by atomic mass is 32.2. The van der Waals surface area contributed by atoms with E-state index in [1.54, 1.807) is 6.07 Å². The average Bonchev–Trinajstić information content (AvgIpc) is 2.66. The van der Waals surface area contributed by atoms with E-state index in [1.165, 1.54) is 17.7 Å². The van der Waals surface area contributed by atoms with Crippen LogP contribution in [0.25, 0.3) is 0 Å². The van der Waals surface area contributed by atoms with Crippen LogP contribution in [-0.2, 0) is 19.7 Å². The zero-order valence-corrected chi connectivity index (χ0v) is 19.1. The van der Waals surface area contributed by atoms with Crippen molar-refractivity contribution in [1.82, 2.24) is 0 Å². The van der Waals surface area contributed by atoms with Crippen LogP contribution in [0.15, 0.2) is 52.3 Å². The van der Waals surface area contributed by atoms with Gasteiger partial charge in [0.05, 0.1) is 21.5 Å². The summed E-state index contributed by atoms with van der Waals surface area (Å²) in [6.45, 7) is 5.05. The Labute approximate surface area is 174 Å². The van der Waals surface area contributed by atoms with Gasteiger partial charge >= 0.3 is 0 Å². The van der Waals surface area contributed by atoms with Gasteiger partial charge in [0, 0.05) is 19.1 Å². The summed E-state index contributed by atoms with van der Waals surface area (Å²) < 4.78 is 49.0. The standard InChI is InChI=1S/C22H29NO4S2/c1-16(2)17-8-10-18(11-9-17)20-7-5-6-14-23(20)21-13-12-19(28(3,24)25)15-22(21)29(4,26)27/h8-13,15-16,20H,5-7,14H2,1-4H3. The van der Waals surface area contributed by atoms with Crippen LogP contribution in [0.5, 0.6) is 0 Å². The van der Waals surface area contributed by atoms with Crippen molar-refractivity contribution in [3.63, 3.8) is 0 Å². The summed E-state index contributed by atoms with van der Waals surface area (Å²) in [7, 11) is -7.09. The predicted molar refractivity (Wildman–Crippen MR) is 117 cm³/mol. The lowest BCUT2D eigenvalue weighted by Crippen LogP contribution is -2.34. The van der Waals surface area contributed by atoms with Gasteiger partial charge in [-0.05, 0) is 54.5 Å². The molecule has 1 aliphatic heterocycles. The molecule has 0 saturated carbocycles. The number of benzene rings is 2. The van der Waals surface area contributed by atoms with Crippen molar-refractivity contribution in [2.24, 2.45) is 0 Å². The smallest absolute Gasteiger partial charge is 0.177 e. The lowest BCUT2D eigenvalue weighted by Gasteiger charge is -2.39. The van der Waals surface area contributed by atoms with E-state index in [0.29, 0.717) is 11.6 Å². The Kier molecular flexibility index (Phi) is 6.11. The number of sulfone groups is 2. The molecule has 0 radical (unpaired) electrons. The number of piperidine rings is 1. The topological polar surface area (TPSA) is 71.5 Å². The molecular formula is C22H29NO4S2. The van der Waals surface area contributed by atoms with Crippen LogP contribution in [0.4, 0.5) is 5.69 Å². The summed E-state index contributed by atoms with van der Waals surface area (Å²) in [6.07, 6.45) is 5.20. The SMILES string of the molecule is CC(C)c1ccc(C2CCCCN2c2ccc(S(C)(=O)=O)cc2S(C)(=O)=O)cc1. The molecule has 29 heavy (non-hydrogen) atoms. The summed E-state index contributed by atoms with van der Waals surface area (Å²) in [4.78, 5) is 2.22. The fourth-order valence-corrected chi connectivity index (χ4v) is 5.56. The summed E-state index contributed by atoms with van der Waals surface area (Å²) in [5, 5.41) is 0. The maximum Gasteiger partial charge on any atom is 0.177 e. The zero-order chi connectivity index (χ0) is 21.4. The van der Waals surface area contributed by atoms with Gasteiger partial charge in [0.1, 0.15) is 0 Å². The third-order valence-corrected chi connectivity index (χ3v) is 7.80. The molecule has 2 aromatic rings. The van der Waals surface area contributed by atoms with Gasteiger partial charge in [-0.25, -0.2) is 16.8 Å². The van der Waals surface area contributed by atoms with Gasteiger partial charge in [0.15, 0.2) is 19.7 Å². The number of hydrogen-bond donors (Lipinski definition) is 0. The number of anilines is 1. The number of rotatable bonds is 5. The number of hydrogen-bond acceptors (Lipinski definition) is 5. The molecule has 0 aliphatic carbocycles. The van der Waals surface area contributed by atoms with Crippen LogP contribution in [0.1, 0.15) is 56.2 Å². The lowest BCUT2D eigenvalue weighted by atomic mass is 9.92. The minimum atomic E-state index is -3.60. The Balaban J connectivity index is 2.09. The van der Waals surface area contributed by atoms with E-state index >= 15 is 0 Å². The molecule has 0 aromatic heterocycles. The van der Waals surface area contributed by atoms with Gasteiger partial charge in [-0.2, -0.15) is 0 Å². The summed E-state index contributed by atoms with van der Waals surface area (Å²) >= 11 is 0. The van der Waals surface area contributed by atoms with E-state index in [4.69, 9.17) is 0 Å². The van der Waals surface area contributed by atoms with Crippen LogP contribution < -0.4 is 4.90 Å². The first-order valence-corrected chi connectivity index (χ1v) is 13.7. The lowest BCUT2D eigenvalue weighted by molar-refractivity contribution is 0.470. The highest BCUT2D eigenvalue weighted by Crippen LogP contribution is 2.39. The first-order chi connectivity index (χ1) is 13.5. The molecule has 1 aliphatic rings. The largest absolute Gasteiger partial charge is 0.363 e. The maximum atomic E-state index is 12.5. The van der Waals surface area contributed by atoms with Gasteiger partial charge in [0.25, 0.3) is 0 Å². The molecular weight excluding hydrogens is 406 g/mol. The summed E-state index contributed by atoms with van der Waals surface area (Å²) in [5.74, 6) is 0.451. The second-order valence-corrected chi connectivity index (χ2v) is 12.2. The fourth-order valence-electron chi connectivity index (χ4n) is 3.93. The van der Waals surface area contributed by atoms with Crippen LogP contribution >= 0.6 is 0 Å². The van der Waals surface area contributed by atoms with Crippen molar-refractivity contribution in [3.05, 3.63) is 53.6 Å². The van der Waals surface area contributed by atoms with Crippen LogP contribution in [0.2, 0.25) is 0 Å². The fraction of sp³-hybridized carbons (Fsp3) is 0.455. The monoisotopic (exact) mass is 435 g/mol. The van der Waals surface area contributed by atoms with E-state index in [-0.39, 0.29) is 15.8 Å². The van der Waals surface area contributed by atoms with Gasteiger partial charge in [-0.1, -0.05) is 38.1 Å². The molecule has 0 spiro atoms. The summed E-state index contributed by atoms with van der Waals surface area (Å²) in [5.41, 5.74) is 3.00. The van der Waals surface area contributed by atoms with Crippen molar-refractivity contribution in [1.29, 1.82) is 0 Å². The molecule has 158 valence electrons. The third kappa shape index (κ3) is 4.83. The van der Waals surface area contributed by atoms with Gasteiger partial charge in [0.2, 0.25) is 0 Å². The Morgan fingerprint density at radius 3 is 2.10 bits per heavy atom. The number of nitrogens with zero attached hydrogens (tertiary/aromatic N) is 1. The Morgan fingerprint density at radius 2 is 1.55 bits per heavy atom. The molecule has 1 atom stereocenters. The third-order valence-electron chi connectivity index (χ3n) is 5.56. The van der Waals surface area contributed by atoms with Crippen molar-refractivity contribution < 1.29 is 16.8 Å². The molecule has 0 N–H and O–H groups in total. The second kappa shape index (κ2) is 8.11. The molecule has 1 fully saturated rings. The average molecular weight is 436 g/mol. The molecule has 3 rings (SSSR count). The first-order valence-electron chi connectivity index (χ1n) is 9.89. The van der Waals surface area contributed by atoms with Crippen molar-refractivity contribution in [2.45, 2.75) is 54.9 Å². The highest BCUT2D eigenvalue weighted by molar-refractivity contribution is 7.91. The van der Waals surface area contributed by atoms with E-state index in [0.717, 1.165) is 43.9 Å². The molecule has 2 aromatic carbocycles. The van der Waals surface area contributed by atoms with Crippen molar-refractivity contribution >= 4 is 25.4 Å². The van der Waals surface area contributed by atoms with Crippen molar-refractivity contribution in [2.75, 3.05) is 24.0 Å². The second-order valence-electron chi connectivity index (χ2n) is 8.20. The van der Waals surface area contributed by atoms with E-state index < -0.39 is 19.7 Å². The van der Waals surface area contributed by atoms with E-state index in [1.807, 2.05) is 0 Å². The predicted octanol–water partition coefficient (Wildman–Crippen LogP) is 4.35. The molecule has 0 amide bonds. The van der Waals surface area contributed by atoms with Gasteiger partial charge in [-0.15, -0.1) is 0 Å². The van der Waals surface area contributed by atoms with Crippen LogP contribution in [-0.4, -0.2) is 35.9 Å². The minimum absolute atomic E-state index is 0.0246. The normalized spacial score (nSPS) is 18.2. The summed E-state index contributed by atoms with van der Waals surface area (Å²) in [6, 6.07) is 13.0. The molecule has 7 heteroatoms.